The van der Waals surface area contributed by atoms with Gasteiger partial charge in [0.2, 0.25) is 0 Å². The van der Waals surface area contributed by atoms with Crippen molar-refractivity contribution >= 4 is 39.8 Å². The Labute approximate surface area is 221 Å². The Hall–Kier alpha value is -4.76. The highest BCUT2D eigenvalue weighted by Gasteiger charge is 2.27. The standard InChI is InChI=1S/C32H29N5O/c1-6-21-16-23(18-34-27(21)7-2)22-14-15-28-26(17-22)30-29(19-35-28)36(5)31(38)37(30)25-12-8-10-24(11-9-13-25)32(3,4)20-33/h6-10,12-19,24H,1-2,11H2,3-5H3/b10-8?,13-9-,25-12+. The van der Waals surface area contributed by atoms with Crippen LogP contribution in [0.15, 0.2) is 85.0 Å². The molecule has 3 aromatic heterocycles. The largest absolute Gasteiger partial charge is 0.333 e. The highest BCUT2D eigenvalue weighted by atomic mass is 16.1. The minimum absolute atomic E-state index is 0.0833. The molecule has 4 aromatic rings. The van der Waals surface area contributed by atoms with Gasteiger partial charge in [-0.3, -0.25) is 19.1 Å². The lowest BCUT2D eigenvalue weighted by molar-refractivity contribution is 0.357. The molecule has 0 fully saturated rings. The number of rotatable bonds is 5. The van der Waals surface area contributed by atoms with Gasteiger partial charge in [-0.05, 0) is 68.2 Å². The van der Waals surface area contributed by atoms with Crippen molar-refractivity contribution < 1.29 is 0 Å². The molecule has 3 heterocycles. The Kier molecular flexibility index (Phi) is 6.30. The second-order valence-electron chi connectivity index (χ2n) is 10.1. The molecule has 0 amide bonds. The maximum absolute atomic E-state index is 13.5. The van der Waals surface area contributed by atoms with E-state index in [0.717, 1.165) is 50.0 Å². The average Bonchev–Trinajstić information content (AvgIpc) is 3.17. The van der Waals surface area contributed by atoms with E-state index in [9.17, 15) is 10.1 Å². The summed E-state index contributed by atoms with van der Waals surface area (Å²) in [6.07, 6.45) is 17.7. The molecular weight excluding hydrogens is 470 g/mol. The van der Waals surface area contributed by atoms with Crippen molar-refractivity contribution in [1.82, 2.24) is 19.1 Å². The Bertz CT molecular complexity index is 1800. The van der Waals surface area contributed by atoms with E-state index in [4.69, 9.17) is 0 Å². The van der Waals surface area contributed by atoms with Gasteiger partial charge in [0.05, 0.1) is 45.6 Å². The highest BCUT2D eigenvalue weighted by molar-refractivity contribution is 6.05. The van der Waals surface area contributed by atoms with E-state index in [1.165, 1.54) is 0 Å². The van der Waals surface area contributed by atoms with Crippen LogP contribution in [0.3, 0.4) is 0 Å². The summed E-state index contributed by atoms with van der Waals surface area (Å²) in [5, 5.41) is 10.4. The van der Waals surface area contributed by atoms with Crippen molar-refractivity contribution in [2.75, 3.05) is 0 Å². The Morgan fingerprint density at radius 1 is 1.13 bits per heavy atom. The maximum Gasteiger partial charge on any atom is 0.333 e. The van der Waals surface area contributed by atoms with E-state index in [-0.39, 0.29) is 11.6 Å². The van der Waals surface area contributed by atoms with E-state index in [1.807, 2.05) is 62.5 Å². The van der Waals surface area contributed by atoms with E-state index >= 15 is 0 Å². The number of hydrogen-bond donors (Lipinski definition) is 0. The second kappa shape index (κ2) is 9.60. The smallest absolute Gasteiger partial charge is 0.293 e. The van der Waals surface area contributed by atoms with Crippen LogP contribution >= 0.6 is 0 Å². The topological polar surface area (TPSA) is 76.5 Å². The van der Waals surface area contributed by atoms with E-state index in [2.05, 4.69) is 41.3 Å². The van der Waals surface area contributed by atoms with Crippen LogP contribution in [-0.4, -0.2) is 19.1 Å². The molecule has 0 radical (unpaired) electrons. The fraction of sp³-hybridized carbons (Fsp3) is 0.188. The summed E-state index contributed by atoms with van der Waals surface area (Å²) in [5.41, 5.74) is 6.05. The number of pyridine rings is 2. The van der Waals surface area contributed by atoms with Gasteiger partial charge >= 0.3 is 5.69 Å². The fourth-order valence-electron chi connectivity index (χ4n) is 4.93. The highest BCUT2D eigenvalue weighted by Crippen LogP contribution is 2.33. The molecule has 1 unspecified atom stereocenters. The lowest BCUT2D eigenvalue weighted by atomic mass is 9.77. The average molecular weight is 500 g/mol. The van der Waals surface area contributed by atoms with Gasteiger partial charge < -0.3 is 0 Å². The molecule has 0 bridgehead atoms. The third kappa shape index (κ3) is 4.12. The molecule has 1 aliphatic rings. The number of benzene rings is 1. The van der Waals surface area contributed by atoms with Crippen molar-refractivity contribution in [2.45, 2.75) is 20.3 Å². The molecular formula is C32H29N5O. The zero-order valence-electron chi connectivity index (χ0n) is 21.8. The third-order valence-corrected chi connectivity index (χ3v) is 7.34. The number of hydrogen-bond acceptors (Lipinski definition) is 4. The monoisotopic (exact) mass is 499 g/mol. The van der Waals surface area contributed by atoms with Gasteiger partial charge in [0.15, 0.2) is 0 Å². The summed E-state index contributed by atoms with van der Waals surface area (Å²) in [4.78, 5) is 22.7. The Balaban J connectivity index is 1.72. The molecule has 6 nitrogen and oxygen atoms in total. The summed E-state index contributed by atoms with van der Waals surface area (Å²) in [6.45, 7) is 11.6. The number of fused-ring (bicyclic) bond motifs is 3. The molecule has 0 saturated heterocycles. The minimum Gasteiger partial charge on any atom is -0.293 e. The molecule has 0 aliphatic heterocycles. The number of nitriles is 1. The summed E-state index contributed by atoms with van der Waals surface area (Å²) in [6, 6.07) is 10.5. The molecule has 0 saturated carbocycles. The van der Waals surface area contributed by atoms with Gasteiger partial charge in [-0.15, -0.1) is 0 Å². The molecule has 1 aliphatic carbocycles. The molecule has 38 heavy (non-hydrogen) atoms. The molecule has 1 atom stereocenters. The summed E-state index contributed by atoms with van der Waals surface area (Å²) in [5.74, 6) is 0.0833. The van der Waals surface area contributed by atoms with Crippen LogP contribution in [0.4, 0.5) is 0 Å². The van der Waals surface area contributed by atoms with Gasteiger partial charge in [-0.2, -0.15) is 5.26 Å². The van der Waals surface area contributed by atoms with E-state index in [0.29, 0.717) is 6.42 Å². The van der Waals surface area contributed by atoms with Crippen LogP contribution in [0.1, 0.15) is 31.5 Å². The van der Waals surface area contributed by atoms with Crippen molar-refractivity contribution in [3.63, 3.8) is 0 Å². The molecule has 0 N–H and O–H groups in total. The number of imidazole rings is 1. The lowest BCUT2D eigenvalue weighted by Gasteiger charge is -2.24. The Morgan fingerprint density at radius 2 is 1.95 bits per heavy atom. The van der Waals surface area contributed by atoms with Gasteiger partial charge in [0.1, 0.15) is 0 Å². The predicted octanol–water partition coefficient (Wildman–Crippen LogP) is 6.76. The number of aromatic nitrogens is 4. The maximum atomic E-state index is 13.5. The minimum atomic E-state index is -0.481. The van der Waals surface area contributed by atoms with Crippen molar-refractivity contribution in [1.29, 1.82) is 5.26 Å². The first kappa shape index (κ1) is 24.9. The van der Waals surface area contributed by atoms with Crippen molar-refractivity contribution in [3.8, 4) is 17.2 Å². The van der Waals surface area contributed by atoms with Crippen LogP contribution in [0, 0.1) is 22.7 Å². The normalized spacial score (nSPS) is 17.8. The van der Waals surface area contributed by atoms with Crippen LogP contribution in [-0.2, 0) is 7.05 Å². The summed E-state index contributed by atoms with van der Waals surface area (Å²) < 4.78 is 3.37. The van der Waals surface area contributed by atoms with Crippen LogP contribution in [0.25, 0.3) is 50.9 Å². The number of allylic oxidation sites excluding steroid dienone is 6. The first-order valence-corrected chi connectivity index (χ1v) is 12.5. The van der Waals surface area contributed by atoms with Crippen molar-refractivity contribution in [3.05, 3.63) is 102 Å². The van der Waals surface area contributed by atoms with Gasteiger partial charge in [-0.25, -0.2) is 4.79 Å². The van der Waals surface area contributed by atoms with Crippen LogP contribution in [0.5, 0.6) is 0 Å². The molecule has 1 aromatic carbocycles. The van der Waals surface area contributed by atoms with E-state index in [1.54, 1.807) is 34.5 Å². The molecule has 6 heteroatoms. The summed E-state index contributed by atoms with van der Waals surface area (Å²) >= 11 is 0. The first-order valence-electron chi connectivity index (χ1n) is 12.5. The fourth-order valence-corrected chi connectivity index (χ4v) is 4.93. The van der Waals surface area contributed by atoms with Crippen LogP contribution < -0.4 is 5.69 Å². The zero-order chi connectivity index (χ0) is 27.0. The third-order valence-electron chi connectivity index (χ3n) is 7.34. The zero-order valence-corrected chi connectivity index (χ0v) is 21.8. The number of nitrogens with zero attached hydrogens (tertiary/aromatic N) is 5. The molecule has 0 spiro atoms. The van der Waals surface area contributed by atoms with E-state index < -0.39 is 5.41 Å². The van der Waals surface area contributed by atoms with Crippen molar-refractivity contribution in [2.24, 2.45) is 18.4 Å². The van der Waals surface area contributed by atoms with Gasteiger partial charge in [0.25, 0.3) is 0 Å². The predicted molar refractivity (Wildman–Crippen MR) is 156 cm³/mol. The Morgan fingerprint density at radius 3 is 2.68 bits per heavy atom. The second-order valence-corrected chi connectivity index (χ2v) is 10.1. The number of aryl methyl sites for hydroxylation is 1. The van der Waals surface area contributed by atoms with Crippen LogP contribution in [0.2, 0.25) is 0 Å². The summed E-state index contributed by atoms with van der Waals surface area (Å²) in [7, 11) is 1.77. The molecule has 5 rings (SSSR count). The first-order chi connectivity index (χ1) is 18.3. The van der Waals surface area contributed by atoms with Gasteiger partial charge in [-0.1, -0.05) is 43.5 Å². The lowest BCUT2D eigenvalue weighted by Crippen LogP contribution is -2.22. The SMILES string of the molecule is C=Cc1cc(-c2ccc3ncc4c(c3c2)n(C2=C/C=CC(C(C)(C)C#N)C/C=C\2)c(=O)n4C)cnc1C=C. The molecule has 188 valence electrons. The van der Waals surface area contributed by atoms with Gasteiger partial charge in [0, 0.05) is 29.8 Å². The quantitative estimate of drug-likeness (QED) is 0.304.